The van der Waals surface area contributed by atoms with Gasteiger partial charge in [-0.2, -0.15) is 0 Å². The molecule has 19 heavy (non-hydrogen) atoms. The van der Waals surface area contributed by atoms with Crippen molar-refractivity contribution in [3.05, 3.63) is 56.4 Å². The van der Waals surface area contributed by atoms with Crippen molar-refractivity contribution in [2.24, 2.45) is 5.92 Å². The number of hydrogen-bond donors (Lipinski definition) is 1. The van der Waals surface area contributed by atoms with E-state index >= 15 is 0 Å². The minimum atomic E-state index is -0.142. The van der Waals surface area contributed by atoms with Crippen LogP contribution in [0.1, 0.15) is 29.3 Å². The van der Waals surface area contributed by atoms with Crippen molar-refractivity contribution in [2.75, 3.05) is 0 Å². The fourth-order valence-corrected chi connectivity index (χ4v) is 3.60. The van der Waals surface area contributed by atoms with Gasteiger partial charge in [0, 0.05) is 27.5 Å². The second-order valence-corrected chi connectivity index (χ2v) is 6.84. The molecule has 1 nitrogen and oxygen atoms in total. The molecule has 0 amide bonds. The highest BCUT2D eigenvalue weighted by atomic mass is 79.9. The number of rotatable bonds is 5. The molecule has 1 saturated carbocycles. The van der Waals surface area contributed by atoms with Crippen LogP contribution in [0.5, 0.6) is 0 Å². The van der Waals surface area contributed by atoms with Crippen LogP contribution in [0.2, 0.25) is 0 Å². The summed E-state index contributed by atoms with van der Waals surface area (Å²) < 4.78 is 14.6. The molecule has 1 aromatic heterocycles. The van der Waals surface area contributed by atoms with Crippen LogP contribution in [0.3, 0.4) is 0 Å². The van der Waals surface area contributed by atoms with Crippen LogP contribution in [0.15, 0.2) is 40.2 Å². The fraction of sp³-hybridized carbons (Fsp3) is 0.333. The Kier molecular flexibility index (Phi) is 4.01. The van der Waals surface area contributed by atoms with Gasteiger partial charge in [0.05, 0.1) is 0 Å². The molecule has 1 heterocycles. The van der Waals surface area contributed by atoms with Gasteiger partial charge in [-0.05, 0) is 48.4 Å². The van der Waals surface area contributed by atoms with Crippen LogP contribution in [0.4, 0.5) is 4.39 Å². The zero-order chi connectivity index (χ0) is 13.2. The molecule has 0 spiro atoms. The maximum atomic E-state index is 13.7. The van der Waals surface area contributed by atoms with Crippen LogP contribution in [0.25, 0.3) is 0 Å². The van der Waals surface area contributed by atoms with E-state index in [2.05, 4.69) is 38.8 Å². The van der Waals surface area contributed by atoms with Crippen molar-refractivity contribution in [2.45, 2.75) is 25.4 Å². The summed E-state index contributed by atoms with van der Waals surface area (Å²) in [6.07, 6.45) is 2.55. The number of thiophene rings is 1. The third-order valence-electron chi connectivity index (χ3n) is 3.46. The monoisotopic (exact) mass is 339 g/mol. The average Bonchev–Trinajstić information content (AvgIpc) is 3.09. The van der Waals surface area contributed by atoms with E-state index in [-0.39, 0.29) is 5.82 Å². The maximum Gasteiger partial charge on any atom is 0.127 e. The van der Waals surface area contributed by atoms with E-state index in [1.54, 1.807) is 17.4 Å². The normalized spacial score (nSPS) is 16.5. The Morgan fingerprint density at radius 2 is 2.21 bits per heavy atom. The lowest BCUT2D eigenvalue weighted by atomic mass is 10.1. The molecule has 2 aromatic rings. The van der Waals surface area contributed by atoms with Gasteiger partial charge < -0.3 is 5.32 Å². The zero-order valence-corrected chi connectivity index (χ0v) is 12.8. The van der Waals surface area contributed by atoms with E-state index in [0.29, 0.717) is 18.5 Å². The van der Waals surface area contributed by atoms with Crippen molar-refractivity contribution in [3.8, 4) is 0 Å². The van der Waals surface area contributed by atoms with Crippen molar-refractivity contribution in [1.82, 2.24) is 5.32 Å². The molecule has 1 unspecified atom stereocenters. The van der Waals surface area contributed by atoms with Gasteiger partial charge in [-0.3, -0.25) is 0 Å². The van der Waals surface area contributed by atoms with Crippen LogP contribution in [-0.2, 0) is 6.54 Å². The Bertz CT molecular complexity index is 551. The van der Waals surface area contributed by atoms with Crippen LogP contribution in [0, 0.1) is 11.7 Å². The summed E-state index contributed by atoms with van der Waals surface area (Å²) in [5.41, 5.74) is 0.719. The quantitative estimate of drug-likeness (QED) is 0.817. The second kappa shape index (κ2) is 5.73. The molecule has 0 radical (unpaired) electrons. The summed E-state index contributed by atoms with van der Waals surface area (Å²) >= 11 is 5.17. The maximum absolute atomic E-state index is 13.7. The van der Waals surface area contributed by atoms with Gasteiger partial charge >= 0.3 is 0 Å². The lowest BCUT2D eigenvalue weighted by molar-refractivity contribution is 0.477. The zero-order valence-electron chi connectivity index (χ0n) is 10.4. The largest absolute Gasteiger partial charge is 0.305 e. The van der Waals surface area contributed by atoms with Crippen molar-refractivity contribution in [3.63, 3.8) is 0 Å². The topological polar surface area (TPSA) is 12.0 Å². The van der Waals surface area contributed by atoms with Gasteiger partial charge in [0.2, 0.25) is 0 Å². The predicted octanol–water partition coefficient (Wildman–Crippen LogP) is 4.89. The Balaban J connectivity index is 1.71. The molecular weight excluding hydrogens is 325 g/mol. The van der Waals surface area contributed by atoms with E-state index in [1.807, 2.05) is 6.07 Å². The third kappa shape index (κ3) is 3.25. The Hall–Kier alpha value is -0.710. The Labute approximate surface area is 125 Å². The summed E-state index contributed by atoms with van der Waals surface area (Å²) in [5, 5.41) is 5.62. The number of halogens is 2. The second-order valence-electron chi connectivity index (χ2n) is 4.95. The summed E-state index contributed by atoms with van der Waals surface area (Å²) in [7, 11) is 0. The number of benzene rings is 1. The minimum absolute atomic E-state index is 0.142. The Morgan fingerprint density at radius 1 is 1.37 bits per heavy atom. The summed E-state index contributed by atoms with van der Waals surface area (Å²) in [4.78, 5) is 1.36. The first-order chi connectivity index (χ1) is 9.24. The van der Waals surface area contributed by atoms with Crippen molar-refractivity contribution in [1.29, 1.82) is 0 Å². The number of nitrogens with one attached hydrogen (secondary N) is 1. The molecule has 1 fully saturated rings. The van der Waals surface area contributed by atoms with Crippen LogP contribution >= 0.6 is 27.3 Å². The van der Waals surface area contributed by atoms with Gasteiger partial charge in [-0.1, -0.05) is 22.0 Å². The summed E-state index contributed by atoms with van der Waals surface area (Å²) in [6.45, 7) is 0.574. The predicted molar refractivity (Wildman–Crippen MR) is 80.7 cm³/mol. The van der Waals surface area contributed by atoms with Crippen LogP contribution in [-0.4, -0.2) is 0 Å². The van der Waals surface area contributed by atoms with Gasteiger partial charge in [0.15, 0.2) is 0 Å². The van der Waals surface area contributed by atoms with Crippen molar-refractivity contribution < 1.29 is 4.39 Å². The Morgan fingerprint density at radius 3 is 2.89 bits per heavy atom. The molecule has 1 atom stereocenters. The molecule has 1 aromatic carbocycles. The van der Waals surface area contributed by atoms with E-state index in [4.69, 9.17) is 0 Å². The van der Waals surface area contributed by atoms with Gasteiger partial charge in [0.1, 0.15) is 5.82 Å². The average molecular weight is 340 g/mol. The molecule has 0 aliphatic heterocycles. The molecule has 1 aliphatic carbocycles. The van der Waals surface area contributed by atoms with E-state index < -0.39 is 0 Å². The summed E-state index contributed by atoms with van der Waals surface area (Å²) in [5.74, 6) is 0.574. The van der Waals surface area contributed by atoms with Gasteiger partial charge in [0.25, 0.3) is 0 Å². The molecule has 0 bridgehead atoms. The molecule has 0 saturated heterocycles. The molecule has 4 heteroatoms. The minimum Gasteiger partial charge on any atom is -0.305 e. The fourth-order valence-electron chi connectivity index (χ4n) is 2.30. The highest BCUT2D eigenvalue weighted by Crippen LogP contribution is 2.42. The standard InChI is InChI=1S/C15H15BrFNS/c16-12-5-6-13(17)11(8-12)9-18-15(10-3-4-10)14-2-1-7-19-14/h1-2,5-8,10,15,18H,3-4,9H2. The first-order valence-electron chi connectivity index (χ1n) is 6.45. The third-order valence-corrected chi connectivity index (χ3v) is 4.91. The first-order valence-corrected chi connectivity index (χ1v) is 8.12. The van der Waals surface area contributed by atoms with Gasteiger partial charge in [-0.15, -0.1) is 11.3 Å². The first kappa shape index (κ1) is 13.3. The van der Waals surface area contributed by atoms with Crippen LogP contribution < -0.4 is 5.32 Å². The van der Waals surface area contributed by atoms with E-state index in [9.17, 15) is 4.39 Å². The molecule has 1 N–H and O–H groups in total. The smallest absolute Gasteiger partial charge is 0.127 e. The lowest BCUT2D eigenvalue weighted by Gasteiger charge is -2.17. The summed E-state index contributed by atoms with van der Waals surface area (Å²) in [6, 6.07) is 9.71. The highest BCUT2D eigenvalue weighted by molar-refractivity contribution is 9.10. The SMILES string of the molecule is Fc1ccc(Br)cc1CNC(c1cccs1)C1CC1. The number of hydrogen-bond acceptors (Lipinski definition) is 2. The van der Waals surface area contributed by atoms with E-state index in [0.717, 1.165) is 10.0 Å². The van der Waals surface area contributed by atoms with Gasteiger partial charge in [-0.25, -0.2) is 4.39 Å². The van der Waals surface area contributed by atoms with Crippen molar-refractivity contribution >= 4 is 27.3 Å². The molecule has 100 valence electrons. The lowest BCUT2D eigenvalue weighted by Crippen LogP contribution is -2.22. The highest BCUT2D eigenvalue weighted by Gasteiger charge is 2.32. The van der Waals surface area contributed by atoms with E-state index in [1.165, 1.54) is 23.8 Å². The molecular formula is C15H15BrFNS. The molecule has 3 rings (SSSR count). The molecule has 1 aliphatic rings.